The van der Waals surface area contributed by atoms with Crippen molar-refractivity contribution >= 4 is 12.2 Å². The predicted molar refractivity (Wildman–Crippen MR) is 125 cm³/mol. The molecule has 1 N–H and O–H groups in total. The van der Waals surface area contributed by atoms with E-state index in [-0.39, 0.29) is 24.0 Å². The first-order chi connectivity index (χ1) is 17.1. The van der Waals surface area contributed by atoms with E-state index in [2.05, 4.69) is 9.97 Å². The molecule has 35 heavy (non-hydrogen) atoms. The van der Waals surface area contributed by atoms with Crippen LogP contribution >= 0.6 is 0 Å². The zero-order valence-electron chi connectivity index (χ0n) is 19.2. The summed E-state index contributed by atoms with van der Waals surface area (Å²) in [6, 6.07) is 14.8. The molecular weight excluding hydrogens is 451 g/mol. The molecule has 0 atom stereocenters. The van der Waals surface area contributed by atoms with Gasteiger partial charge in [-0.05, 0) is 43.2 Å². The molecule has 0 spiro atoms. The highest BCUT2D eigenvalue weighted by Gasteiger charge is 2.25. The van der Waals surface area contributed by atoms with Crippen LogP contribution in [0.2, 0.25) is 0 Å². The number of halogens is 1. The lowest BCUT2D eigenvalue weighted by Gasteiger charge is -2.31. The number of aromatic nitrogens is 2. The minimum Gasteiger partial charge on any atom is -0.473 e. The molecule has 0 bridgehead atoms. The molecule has 9 heteroatoms. The minimum atomic E-state index is -0.488. The van der Waals surface area contributed by atoms with Gasteiger partial charge in [0.15, 0.2) is 6.29 Å². The first kappa shape index (κ1) is 25.5. The number of hydrogen-bond acceptors (Lipinski definition) is 7. The number of likely N-dealkylation sites (tertiary alicyclic amines) is 1. The molecular formula is C26H25FN4O4. The first-order valence-electron chi connectivity index (χ1n) is 11.0. The number of aliphatic hydroxyl groups excluding tert-OH is 1. The van der Waals surface area contributed by atoms with E-state index in [1.165, 1.54) is 24.4 Å². The number of benzene rings is 1. The van der Waals surface area contributed by atoms with Crippen LogP contribution < -0.4 is 4.74 Å². The fourth-order valence-corrected chi connectivity index (χ4v) is 3.79. The van der Waals surface area contributed by atoms with Crippen LogP contribution in [0, 0.1) is 17.1 Å². The van der Waals surface area contributed by atoms with Crippen LogP contribution in [0.3, 0.4) is 0 Å². The largest absolute Gasteiger partial charge is 0.473 e. The second-order valence-corrected chi connectivity index (χ2v) is 7.76. The van der Waals surface area contributed by atoms with Crippen LogP contribution in [0.1, 0.15) is 56.4 Å². The van der Waals surface area contributed by atoms with Gasteiger partial charge in [0, 0.05) is 49.6 Å². The van der Waals surface area contributed by atoms with Gasteiger partial charge in [0.05, 0.1) is 17.2 Å². The van der Waals surface area contributed by atoms with E-state index in [1.54, 1.807) is 23.1 Å². The molecule has 0 saturated carbocycles. The molecule has 1 saturated heterocycles. The Balaban J connectivity index is 0.00000167. The Morgan fingerprint density at radius 2 is 2.00 bits per heavy atom. The molecule has 0 unspecified atom stereocenters. The Kier molecular flexibility index (Phi) is 8.98. The molecule has 8 nitrogen and oxygen atoms in total. The summed E-state index contributed by atoms with van der Waals surface area (Å²) in [6.07, 6.45) is 3.58. The van der Waals surface area contributed by atoms with Gasteiger partial charge < -0.3 is 14.7 Å². The molecule has 1 aliphatic heterocycles. The topological polar surface area (TPSA) is 116 Å². The number of aliphatic hydroxyl groups is 1. The average Bonchev–Trinajstić information content (AvgIpc) is 2.93. The molecule has 3 aromatic rings. The summed E-state index contributed by atoms with van der Waals surface area (Å²) in [5.74, 6) is -0.0120. The maximum Gasteiger partial charge on any atom is 0.255 e. The van der Waals surface area contributed by atoms with Gasteiger partial charge in [-0.15, -0.1) is 0 Å². The van der Waals surface area contributed by atoms with E-state index in [0.29, 0.717) is 42.1 Å². The van der Waals surface area contributed by atoms with Crippen LogP contribution in [-0.2, 0) is 6.61 Å². The maximum atomic E-state index is 14.1. The fourth-order valence-electron chi connectivity index (χ4n) is 3.79. The normalized spacial score (nSPS) is 13.3. The number of aldehydes is 1. The first-order valence-corrected chi connectivity index (χ1v) is 11.0. The van der Waals surface area contributed by atoms with Crippen molar-refractivity contribution in [2.75, 3.05) is 20.2 Å². The van der Waals surface area contributed by atoms with Crippen molar-refractivity contribution in [3.8, 4) is 11.9 Å². The van der Waals surface area contributed by atoms with Gasteiger partial charge in [0.2, 0.25) is 5.88 Å². The quantitative estimate of drug-likeness (QED) is 0.541. The van der Waals surface area contributed by atoms with Gasteiger partial charge in [0.25, 0.3) is 5.91 Å². The molecule has 1 aromatic carbocycles. The number of carbonyl (C=O) groups excluding carboxylic acids is 2. The van der Waals surface area contributed by atoms with Gasteiger partial charge in [-0.25, -0.2) is 9.37 Å². The third kappa shape index (κ3) is 6.46. The lowest BCUT2D eigenvalue weighted by molar-refractivity contribution is 0.0711. The monoisotopic (exact) mass is 476 g/mol. The van der Waals surface area contributed by atoms with Crippen molar-refractivity contribution < 1.29 is 23.8 Å². The second-order valence-electron chi connectivity index (χ2n) is 7.76. The summed E-state index contributed by atoms with van der Waals surface area (Å²) < 4.78 is 19.8. The SMILES string of the molecule is CO.N#Cc1ccc(COc2cccc(C3CCN(C(=O)c4ccc(C=O)nc4)CC3)n2)c(F)c1. The summed E-state index contributed by atoms with van der Waals surface area (Å²) in [6.45, 7) is 1.18. The number of nitriles is 1. The van der Waals surface area contributed by atoms with Crippen LogP contribution in [0.25, 0.3) is 0 Å². The highest BCUT2D eigenvalue weighted by atomic mass is 19.1. The Bertz CT molecular complexity index is 1200. The highest BCUT2D eigenvalue weighted by molar-refractivity contribution is 5.94. The smallest absolute Gasteiger partial charge is 0.255 e. The van der Waals surface area contributed by atoms with Crippen molar-refractivity contribution in [1.82, 2.24) is 14.9 Å². The summed E-state index contributed by atoms with van der Waals surface area (Å²) >= 11 is 0. The lowest BCUT2D eigenvalue weighted by Crippen LogP contribution is -2.38. The summed E-state index contributed by atoms with van der Waals surface area (Å²) in [5.41, 5.74) is 2.24. The number of hydrogen-bond donors (Lipinski definition) is 1. The molecule has 1 fully saturated rings. The Morgan fingerprint density at radius 1 is 1.23 bits per heavy atom. The zero-order chi connectivity index (χ0) is 25.2. The van der Waals surface area contributed by atoms with E-state index < -0.39 is 5.82 Å². The summed E-state index contributed by atoms with van der Waals surface area (Å²) in [7, 11) is 1.00. The molecule has 1 aliphatic rings. The van der Waals surface area contributed by atoms with Crippen LogP contribution in [0.4, 0.5) is 4.39 Å². The third-order valence-electron chi connectivity index (χ3n) is 5.66. The van der Waals surface area contributed by atoms with E-state index in [0.717, 1.165) is 25.6 Å². The molecule has 0 radical (unpaired) electrons. The van der Waals surface area contributed by atoms with E-state index >= 15 is 0 Å². The number of rotatable bonds is 6. The number of piperidine rings is 1. The zero-order valence-corrected chi connectivity index (χ0v) is 19.2. The number of amides is 1. The van der Waals surface area contributed by atoms with Crippen molar-refractivity contribution in [3.63, 3.8) is 0 Å². The number of nitrogens with zero attached hydrogens (tertiary/aromatic N) is 4. The molecule has 0 aliphatic carbocycles. The summed E-state index contributed by atoms with van der Waals surface area (Å²) in [4.78, 5) is 33.8. The molecule has 180 valence electrons. The minimum absolute atomic E-state index is 0.0118. The molecule has 1 amide bonds. The van der Waals surface area contributed by atoms with Gasteiger partial charge in [-0.3, -0.25) is 14.6 Å². The molecule has 2 aromatic heterocycles. The number of carbonyl (C=O) groups is 2. The van der Waals surface area contributed by atoms with Gasteiger partial charge >= 0.3 is 0 Å². The lowest BCUT2D eigenvalue weighted by atomic mass is 9.92. The van der Waals surface area contributed by atoms with Crippen molar-refractivity contribution in [2.45, 2.75) is 25.4 Å². The van der Waals surface area contributed by atoms with Crippen LogP contribution in [-0.4, -0.2) is 52.4 Å². The maximum absolute atomic E-state index is 14.1. The van der Waals surface area contributed by atoms with Crippen molar-refractivity contribution in [3.05, 3.63) is 88.6 Å². The third-order valence-corrected chi connectivity index (χ3v) is 5.66. The Morgan fingerprint density at radius 3 is 2.63 bits per heavy atom. The van der Waals surface area contributed by atoms with Gasteiger partial charge in [-0.2, -0.15) is 5.26 Å². The average molecular weight is 477 g/mol. The second kappa shape index (κ2) is 12.3. The van der Waals surface area contributed by atoms with E-state index in [9.17, 15) is 14.0 Å². The Labute approximate surface area is 202 Å². The van der Waals surface area contributed by atoms with Crippen LogP contribution in [0.5, 0.6) is 5.88 Å². The van der Waals surface area contributed by atoms with E-state index in [4.69, 9.17) is 15.1 Å². The van der Waals surface area contributed by atoms with Crippen molar-refractivity contribution in [2.24, 2.45) is 0 Å². The fraction of sp³-hybridized carbons (Fsp3) is 0.269. The van der Waals surface area contributed by atoms with Crippen LogP contribution in [0.15, 0.2) is 54.7 Å². The highest BCUT2D eigenvalue weighted by Crippen LogP contribution is 2.28. The summed E-state index contributed by atoms with van der Waals surface area (Å²) in [5, 5.41) is 15.8. The van der Waals surface area contributed by atoms with Gasteiger partial charge in [-0.1, -0.05) is 12.1 Å². The van der Waals surface area contributed by atoms with Gasteiger partial charge in [0.1, 0.15) is 18.1 Å². The number of ether oxygens (including phenoxy) is 1. The predicted octanol–water partition coefficient (Wildman–Crippen LogP) is 3.51. The molecule has 4 rings (SSSR count). The Hall–Kier alpha value is -4.16. The standard InChI is InChI=1S/C25H21FN4O3.CH4O/c26-22-12-17(13-27)4-5-20(22)16-33-24-3-1-2-23(29-24)18-8-10-30(11-9-18)25(32)19-6-7-21(15-31)28-14-19;1-2/h1-7,12,14-15,18H,8-11,16H2;2H,1H3. The van der Waals surface area contributed by atoms with Crippen molar-refractivity contribution in [1.29, 1.82) is 5.26 Å². The number of pyridine rings is 2. The van der Waals surface area contributed by atoms with E-state index in [1.807, 2.05) is 18.2 Å². The molecule has 3 heterocycles.